The van der Waals surface area contributed by atoms with Gasteiger partial charge in [-0.25, -0.2) is 0 Å². The monoisotopic (exact) mass is 376 g/mol. The van der Waals surface area contributed by atoms with Gasteiger partial charge in [-0.2, -0.15) is 0 Å². The van der Waals surface area contributed by atoms with Gasteiger partial charge in [-0.3, -0.25) is 0 Å². The van der Waals surface area contributed by atoms with Gasteiger partial charge in [-0.15, -0.1) is 0 Å². The molecule has 0 radical (unpaired) electrons. The molecule has 0 aliphatic rings. The van der Waals surface area contributed by atoms with Crippen LogP contribution in [0, 0.1) is 6.92 Å². The first-order chi connectivity index (χ1) is 13.7. The van der Waals surface area contributed by atoms with Crippen molar-refractivity contribution in [2.45, 2.75) is 31.5 Å². The molecule has 3 nitrogen and oxygen atoms in total. The average Bonchev–Trinajstić information content (AvgIpc) is 2.76. The lowest BCUT2D eigenvalue weighted by Crippen LogP contribution is -2.41. The highest BCUT2D eigenvalue weighted by Crippen LogP contribution is 2.43. The van der Waals surface area contributed by atoms with Gasteiger partial charge in [0.25, 0.3) is 0 Å². The Kier molecular flexibility index (Phi) is 6.99. The van der Waals surface area contributed by atoms with Gasteiger partial charge in [0, 0.05) is 12.5 Å². The Hall–Kier alpha value is -2.46. The topological polar surface area (TPSA) is 49.7 Å². The molecule has 2 atom stereocenters. The van der Waals surface area contributed by atoms with Gasteiger partial charge >= 0.3 is 0 Å². The summed E-state index contributed by atoms with van der Waals surface area (Å²) in [5.41, 5.74) is 3.22. The Morgan fingerprint density at radius 3 is 2.00 bits per heavy atom. The molecule has 146 valence electrons. The van der Waals surface area contributed by atoms with E-state index >= 15 is 0 Å². The number of hydrogen-bond donors (Lipinski definition) is 2. The molecule has 0 aromatic heterocycles. The second-order valence-corrected chi connectivity index (χ2v) is 7.16. The number of benzene rings is 3. The number of ether oxygens (including phenoxy) is 1. The van der Waals surface area contributed by atoms with E-state index in [1.54, 1.807) is 0 Å². The molecule has 0 aliphatic carbocycles. The average molecular weight is 376 g/mol. The van der Waals surface area contributed by atoms with Gasteiger partial charge in [0.1, 0.15) is 5.60 Å². The van der Waals surface area contributed by atoms with Crippen molar-refractivity contribution in [3.8, 4) is 0 Å². The molecule has 0 fully saturated rings. The summed E-state index contributed by atoms with van der Waals surface area (Å²) < 4.78 is 6.49. The zero-order chi connectivity index (χ0) is 19.8. The maximum absolute atomic E-state index is 10.6. The highest BCUT2D eigenvalue weighted by Gasteiger charge is 2.42. The van der Waals surface area contributed by atoms with Crippen LogP contribution in [-0.2, 0) is 16.9 Å². The minimum atomic E-state index is -0.949. The van der Waals surface area contributed by atoms with E-state index in [4.69, 9.17) is 4.74 Å². The van der Waals surface area contributed by atoms with Crippen LogP contribution in [0.25, 0.3) is 0 Å². The molecule has 0 heterocycles. The van der Waals surface area contributed by atoms with Crippen molar-refractivity contribution in [3.63, 3.8) is 0 Å². The van der Waals surface area contributed by atoms with Crippen LogP contribution in [0.4, 0.5) is 0 Å². The van der Waals surface area contributed by atoms with Crippen molar-refractivity contribution in [2.24, 2.45) is 0 Å². The highest BCUT2D eigenvalue weighted by molar-refractivity contribution is 5.33. The smallest absolute Gasteiger partial charge is 0.123 e. The van der Waals surface area contributed by atoms with Crippen LogP contribution in [0.15, 0.2) is 84.9 Å². The lowest BCUT2D eigenvalue weighted by atomic mass is 9.75. The predicted molar refractivity (Wildman–Crippen MR) is 112 cm³/mol. The molecule has 3 aromatic rings. The summed E-state index contributed by atoms with van der Waals surface area (Å²) in [6, 6.07) is 28.0. The molecule has 3 aromatic carbocycles. The molecular formula is C25H28O3. The van der Waals surface area contributed by atoms with Crippen molar-refractivity contribution in [1.29, 1.82) is 0 Å². The van der Waals surface area contributed by atoms with Crippen LogP contribution in [-0.4, -0.2) is 23.4 Å². The van der Waals surface area contributed by atoms with Crippen LogP contribution in [0.3, 0.4) is 0 Å². The first kappa shape index (κ1) is 20.3. The number of rotatable bonds is 9. The summed E-state index contributed by atoms with van der Waals surface area (Å²) in [4.78, 5) is 0. The lowest BCUT2D eigenvalue weighted by molar-refractivity contribution is -0.116. The van der Waals surface area contributed by atoms with Crippen LogP contribution in [0.1, 0.15) is 34.6 Å². The predicted octanol–water partition coefficient (Wildman–Crippen LogP) is 4.57. The number of aliphatic hydroxyl groups excluding tert-OH is 2. The van der Waals surface area contributed by atoms with Crippen LogP contribution >= 0.6 is 0 Å². The Morgan fingerprint density at radius 2 is 1.43 bits per heavy atom. The fraction of sp³-hybridized carbons (Fsp3) is 0.280. The summed E-state index contributed by atoms with van der Waals surface area (Å²) in [7, 11) is 0. The third-order valence-electron chi connectivity index (χ3n) is 5.30. The third kappa shape index (κ3) is 4.50. The molecule has 0 saturated heterocycles. The molecule has 2 N–H and O–H groups in total. The normalized spacial score (nSPS) is 14.4. The van der Waals surface area contributed by atoms with Gasteiger partial charge in [0.15, 0.2) is 0 Å². The summed E-state index contributed by atoms with van der Waals surface area (Å²) >= 11 is 0. The fourth-order valence-corrected chi connectivity index (χ4v) is 3.74. The summed E-state index contributed by atoms with van der Waals surface area (Å²) in [6.07, 6.45) is 0.493. The largest absolute Gasteiger partial charge is 0.396 e. The van der Waals surface area contributed by atoms with Gasteiger partial charge in [0.05, 0.1) is 13.2 Å². The van der Waals surface area contributed by atoms with Gasteiger partial charge in [-0.05, 0) is 30.0 Å². The van der Waals surface area contributed by atoms with E-state index in [2.05, 4.69) is 24.3 Å². The minimum Gasteiger partial charge on any atom is -0.396 e. The molecule has 0 saturated carbocycles. The first-order valence-electron chi connectivity index (χ1n) is 9.71. The quantitative estimate of drug-likeness (QED) is 0.575. The summed E-state index contributed by atoms with van der Waals surface area (Å²) in [5.74, 6) is -0.186. The molecule has 0 amide bonds. The van der Waals surface area contributed by atoms with Crippen molar-refractivity contribution >= 4 is 0 Å². The molecular weight excluding hydrogens is 348 g/mol. The standard InChI is InChI=1S/C25H28O3/c1-20-12-14-22(15-13-20)24(16-17-26)25(19-27,23-10-6-3-7-11-23)28-18-21-8-4-2-5-9-21/h2-15,24,26-27H,16-19H2,1H3/t24-,25+/m0/s1. The van der Waals surface area contributed by atoms with E-state index in [9.17, 15) is 10.2 Å². The molecule has 0 unspecified atom stereocenters. The molecule has 0 aliphatic heterocycles. The zero-order valence-corrected chi connectivity index (χ0v) is 16.3. The van der Waals surface area contributed by atoms with Crippen molar-refractivity contribution in [1.82, 2.24) is 0 Å². The van der Waals surface area contributed by atoms with E-state index in [1.807, 2.05) is 67.6 Å². The Labute approximate surface area is 167 Å². The van der Waals surface area contributed by atoms with E-state index < -0.39 is 5.60 Å². The molecule has 0 spiro atoms. The van der Waals surface area contributed by atoms with E-state index in [0.29, 0.717) is 13.0 Å². The molecule has 3 rings (SSSR count). The van der Waals surface area contributed by atoms with Crippen LogP contribution < -0.4 is 0 Å². The first-order valence-corrected chi connectivity index (χ1v) is 9.71. The lowest BCUT2D eigenvalue weighted by Gasteiger charge is -2.40. The second-order valence-electron chi connectivity index (χ2n) is 7.16. The highest BCUT2D eigenvalue weighted by atomic mass is 16.5. The van der Waals surface area contributed by atoms with Gasteiger partial charge in [0.2, 0.25) is 0 Å². The van der Waals surface area contributed by atoms with E-state index in [-0.39, 0.29) is 19.1 Å². The van der Waals surface area contributed by atoms with Crippen LogP contribution in [0.5, 0.6) is 0 Å². The third-order valence-corrected chi connectivity index (χ3v) is 5.30. The molecule has 28 heavy (non-hydrogen) atoms. The minimum absolute atomic E-state index is 0.0157. The molecule has 0 bridgehead atoms. The Balaban J connectivity index is 2.05. The number of aryl methyl sites for hydroxylation is 1. The van der Waals surface area contributed by atoms with Crippen molar-refractivity contribution in [2.75, 3.05) is 13.2 Å². The zero-order valence-electron chi connectivity index (χ0n) is 16.3. The van der Waals surface area contributed by atoms with Crippen molar-refractivity contribution < 1.29 is 14.9 Å². The maximum Gasteiger partial charge on any atom is 0.123 e. The SMILES string of the molecule is Cc1ccc([C@H](CCO)[C@](CO)(OCc2ccccc2)c2ccccc2)cc1. The van der Waals surface area contributed by atoms with Crippen molar-refractivity contribution in [3.05, 3.63) is 107 Å². The Bertz CT molecular complexity index is 831. The fourth-order valence-electron chi connectivity index (χ4n) is 3.74. The number of aliphatic hydroxyl groups is 2. The van der Waals surface area contributed by atoms with Gasteiger partial charge in [-0.1, -0.05) is 90.5 Å². The Morgan fingerprint density at radius 1 is 0.821 bits per heavy atom. The number of hydrogen-bond acceptors (Lipinski definition) is 3. The van der Waals surface area contributed by atoms with Crippen LogP contribution in [0.2, 0.25) is 0 Å². The van der Waals surface area contributed by atoms with E-state index in [0.717, 1.165) is 16.7 Å². The maximum atomic E-state index is 10.6. The summed E-state index contributed by atoms with van der Waals surface area (Å²) in [6.45, 7) is 2.27. The second kappa shape index (κ2) is 9.65. The molecule has 3 heteroatoms. The summed E-state index contributed by atoms with van der Waals surface area (Å²) in [5, 5.41) is 20.4. The van der Waals surface area contributed by atoms with E-state index in [1.165, 1.54) is 5.56 Å². The van der Waals surface area contributed by atoms with Gasteiger partial charge < -0.3 is 14.9 Å².